The van der Waals surface area contributed by atoms with Crippen LogP contribution in [0.1, 0.15) is 35.2 Å². The van der Waals surface area contributed by atoms with Crippen molar-refractivity contribution >= 4 is 5.69 Å². The summed E-state index contributed by atoms with van der Waals surface area (Å²) in [6.45, 7) is 9.03. The second-order valence-corrected chi connectivity index (χ2v) is 8.56. The van der Waals surface area contributed by atoms with Crippen LogP contribution >= 0.6 is 0 Å². The fraction of sp³-hybridized carbons (Fsp3) is 0.400. The highest BCUT2D eigenvalue weighted by atomic mass is 16.1. The minimum absolute atomic E-state index is 0.0884. The molecule has 1 fully saturated rings. The summed E-state index contributed by atoms with van der Waals surface area (Å²) in [5, 5.41) is 3.71. The first-order valence-electron chi connectivity index (χ1n) is 10.8. The average Bonchev–Trinajstić information content (AvgIpc) is 2.95. The summed E-state index contributed by atoms with van der Waals surface area (Å²) >= 11 is 0. The number of para-hydroxylation sites is 1. The summed E-state index contributed by atoms with van der Waals surface area (Å²) in [6.07, 6.45) is 2.30. The summed E-state index contributed by atoms with van der Waals surface area (Å²) in [6, 6.07) is 16.9. The van der Waals surface area contributed by atoms with Crippen LogP contribution in [0.4, 0.5) is 5.69 Å². The largest absolute Gasteiger partial charge is 0.381 e. The van der Waals surface area contributed by atoms with E-state index in [4.69, 9.17) is 0 Å². The lowest BCUT2D eigenvalue weighted by Gasteiger charge is -2.33. The molecule has 5 nitrogen and oxygen atoms in total. The van der Waals surface area contributed by atoms with Gasteiger partial charge in [0.15, 0.2) is 0 Å². The highest BCUT2D eigenvalue weighted by molar-refractivity contribution is 5.49. The molecule has 0 radical (unpaired) electrons. The first kappa shape index (κ1) is 20.5. The van der Waals surface area contributed by atoms with Gasteiger partial charge in [-0.15, -0.1) is 0 Å². The third kappa shape index (κ3) is 4.08. The molecule has 0 spiro atoms. The molecule has 5 heteroatoms. The molecule has 0 unspecified atom stereocenters. The molecule has 1 N–H and O–H groups in total. The van der Waals surface area contributed by atoms with Crippen molar-refractivity contribution in [1.29, 1.82) is 0 Å². The van der Waals surface area contributed by atoms with Gasteiger partial charge in [0.05, 0.1) is 11.3 Å². The van der Waals surface area contributed by atoms with Gasteiger partial charge in [0.1, 0.15) is 0 Å². The van der Waals surface area contributed by atoms with Crippen LogP contribution in [0.3, 0.4) is 0 Å². The third-order valence-electron chi connectivity index (χ3n) is 6.44. The Morgan fingerprint density at radius 3 is 2.53 bits per heavy atom. The number of piperidine rings is 1. The number of benzene rings is 2. The zero-order chi connectivity index (χ0) is 21.3. The summed E-state index contributed by atoms with van der Waals surface area (Å²) < 4.78 is 3.75. The summed E-state index contributed by atoms with van der Waals surface area (Å²) in [5.41, 5.74) is 6.75. The fourth-order valence-corrected chi connectivity index (χ4v) is 4.41. The Morgan fingerprint density at radius 1 is 1.03 bits per heavy atom. The Bertz CT molecular complexity index is 1080. The summed E-state index contributed by atoms with van der Waals surface area (Å²) in [4.78, 5) is 15.6. The van der Waals surface area contributed by atoms with Crippen molar-refractivity contribution in [2.24, 2.45) is 7.05 Å². The maximum Gasteiger partial charge on any atom is 0.276 e. The minimum Gasteiger partial charge on any atom is -0.381 e. The van der Waals surface area contributed by atoms with Crippen molar-refractivity contribution in [3.8, 4) is 5.69 Å². The molecule has 1 saturated heterocycles. The van der Waals surface area contributed by atoms with E-state index < -0.39 is 0 Å². The lowest BCUT2D eigenvalue weighted by molar-refractivity contribution is 0.207. The van der Waals surface area contributed by atoms with Crippen LogP contribution in [0.15, 0.2) is 53.3 Å². The number of likely N-dealkylation sites (tertiary alicyclic amines) is 1. The van der Waals surface area contributed by atoms with Gasteiger partial charge in [0.2, 0.25) is 0 Å². The van der Waals surface area contributed by atoms with Crippen LogP contribution in [-0.4, -0.2) is 33.4 Å². The SMILES string of the molecule is Cc1ccc(N[C@@H]2CCCN(Cc3c(C)n(C)n(-c4ccccc4)c3=O)C2)cc1C. The van der Waals surface area contributed by atoms with Crippen molar-refractivity contribution in [1.82, 2.24) is 14.3 Å². The number of nitrogens with zero attached hydrogens (tertiary/aromatic N) is 3. The lowest BCUT2D eigenvalue weighted by Crippen LogP contribution is -2.42. The van der Waals surface area contributed by atoms with Gasteiger partial charge in [-0.05, 0) is 75.5 Å². The van der Waals surface area contributed by atoms with E-state index >= 15 is 0 Å². The molecular weight excluding hydrogens is 372 g/mol. The Kier molecular flexibility index (Phi) is 5.82. The molecule has 2 heterocycles. The van der Waals surface area contributed by atoms with Crippen molar-refractivity contribution < 1.29 is 0 Å². The number of hydrogen-bond donors (Lipinski definition) is 1. The zero-order valence-electron chi connectivity index (χ0n) is 18.5. The van der Waals surface area contributed by atoms with E-state index in [1.54, 1.807) is 4.68 Å². The molecule has 0 bridgehead atoms. The molecule has 0 aliphatic carbocycles. The fourth-order valence-electron chi connectivity index (χ4n) is 4.41. The topological polar surface area (TPSA) is 42.2 Å². The van der Waals surface area contributed by atoms with E-state index in [-0.39, 0.29) is 5.56 Å². The van der Waals surface area contributed by atoms with Gasteiger partial charge in [-0.2, -0.15) is 0 Å². The molecule has 1 aliphatic rings. The van der Waals surface area contributed by atoms with Crippen LogP contribution in [0.5, 0.6) is 0 Å². The maximum absolute atomic E-state index is 13.2. The molecule has 1 aliphatic heterocycles. The van der Waals surface area contributed by atoms with Gasteiger partial charge in [0.25, 0.3) is 5.56 Å². The molecular formula is C25H32N4O. The number of nitrogens with one attached hydrogen (secondary N) is 1. The monoisotopic (exact) mass is 404 g/mol. The summed E-state index contributed by atoms with van der Waals surface area (Å²) in [7, 11) is 1.97. The Labute approximate surface area is 178 Å². The Morgan fingerprint density at radius 2 is 1.80 bits per heavy atom. The van der Waals surface area contributed by atoms with Gasteiger partial charge in [-0.25, -0.2) is 4.68 Å². The van der Waals surface area contributed by atoms with E-state index in [9.17, 15) is 4.79 Å². The van der Waals surface area contributed by atoms with Gasteiger partial charge >= 0.3 is 0 Å². The van der Waals surface area contributed by atoms with Crippen LogP contribution < -0.4 is 10.9 Å². The highest BCUT2D eigenvalue weighted by Crippen LogP contribution is 2.21. The van der Waals surface area contributed by atoms with Crippen LogP contribution in [-0.2, 0) is 13.6 Å². The zero-order valence-corrected chi connectivity index (χ0v) is 18.5. The Balaban J connectivity index is 1.50. The smallest absolute Gasteiger partial charge is 0.276 e. The maximum atomic E-state index is 13.2. The second-order valence-electron chi connectivity index (χ2n) is 8.56. The van der Waals surface area contributed by atoms with Gasteiger partial charge < -0.3 is 5.32 Å². The molecule has 2 aromatic carbocycles. The molecule has 3 aromatic rings. The number of anilines is 1. The molecule has 30 heavy (non-hydrogen) atoms. The number of aromatic nitrogens is 2. The van der Waals surface area contributed by atoms with Crippen LogP contribution in [0.25, 0.3) is 5.69 Å². The quantitative estimate of drug-likeness (QED) is 0.694. The normalized spacial score (nSPS) is 17.3. The van der Waals surface area contributed by atoms with Gasteiger partial charge in [0, 0.05) is 37.6 Å². The first-order valence-corrected chi connectivity index (χ1v) is 10.8. The standard InChI is InChI=1S/C25H32N4O/c1-18-12-13-21(15-19(18)2)26-22-9-8-14-28(16-22)17-24-20(3)27(4)29(25(24)30)23-10-6-5-7-11-23/h5-7,10-13,15,22,26H,8-9,14,16-17H2,1-4H3/t22-/m1/s1. The van der Waals surface area contributed by atoms with Crippen molar-refractivity contribution in [3.63, 3.8) is 0 Å². The molecule has 0 saturated carbocycles. The predicted octanol–water partition coefficient (Wildman–Crippen LogP) is 4.18. The molecule has 0 amide bonds. The van der Waals surface area contributed by atoms with E-state index in [0.29, 0.717) is 12.6 Å². The summed E-state index contributed by atoms with van der Waals surface area (Å²) in [5.74, 6) is 0. The van der Waals surface area contributed by atoms with Gasteiger partial charge in [-0.3, -0.25) is 14.4 Å². The van der Waals surface area contributed by atoms with E-state index in [2.05, 4.69) is 42.3 Å². The minimum atomic E-state index is 0.0884. The predicted molar refractivity (Wildman–Crippen MR) is 124 cm³/mol. The second kappa shape index (κ2) is 8.52. The van der Waals surface area contributed by atoms with Gasteiger partial charge in [-0.1, -0.05) is 24.3 Å². The molecule has 1 aromatic heterocycles. The van der Waals surface area contributed by atoms with Crippen LogP contribution in [0.2, 0.25) is 0 Å². The first-order chi connectivity index (χ1) is 14.4. The number of aryl methyl sites for hydroxylation is 2. The van der Waals surface area contributed by atoms with E-state index in [1.807, 2.05) is 49.0 Å². The molecule has 1 atom stereocenters. The number of hydrogen-bond acceptors (Lipinski definition) is 3. The van der Waals surface area contributed by atoms with Crippen LogP contribution in [0, 0.1) is 20.8 Å². The Hall–Kier alpha value is -2.79. The van der Waals surface area contributed by atoms with Crippen molar-refractivity contribution in [2.75, 3.05) is 18.4 Å². The van der Waals surface area contributed by atoms with E-state index in [1.165, 1.54) is 16.8 Å². The van der Waals surface area contributed by atoms with Crippen molar-refractivity contribution in [2.45, 2.75) is 46.2 Å². The highest BCUT2D eigenvalue weighted by Gasteiger charge is 2.23. The third-order valence-corrected chi connectivity index (χ3v) is 6.44. The molecule has 158 valence electrons. The molecule has 4 rings (SSSR count). The van der Waals surface area contributed by atoms with Crippen molar-refractivity contribution in [3.05, 3.63) is 81.3 Å². The number of rotatable bonds is 5. The average molecular weight is 405 g/mol. The van der Waals surface area contributed by atoms with E-state index in [0.717, 1.165) is 42.9 Å². The lowest BCUT2D eigenvalue weighted by atomic mass is 10.0.